The Morgan fingerprint density at radius 2 is 1.90 bits per heavy atom. The third kappa shape index (κ3) is 6.13. The average Bonchev–Trinajstić information content (AvgIpc) is 2.75. The Labute approximate surface area is 170 Å². The molecule has 2 heterocycles. The van der Waals surface area contributed by atoms with Crippen LogP contribution in [0.25, 0.3) is 0 Å². The number of hydrogen-bond acceptors (Lipinski definition) is 6. The first-order chi connectivity index (χ1) is 14.2. The summed E-state index contributed by atoms with van der Waals surface area (Å²) in [4.78, 5) is 21.2. The Morgan fingerprint density at radius 3 is 2.62 bits per heavy atom. The van der Waals surface area contributed by atoms with Crippen molar-refractivity contribution in [2.45, 2.75) is 0 Å². The summed E-state index contributed by atoms with van der Waals surface area (Å²) in [6.45, 7) is 5.62. The van der Waals surface area contributed by atoms with E-state index in [1.807, 2.05) is 12.1 Å². The lowest BCUT2D eigenvalue weighted by Gasteiger charge is -2.36. The van der Waals surface area contributed by atoms with E-state index in [2.05, 4.69) is 20.1 Å². The van der Waals surface area contributed by atoms with Gasteiger partial charge >= 0.3 is 0 Å². The molecular weight excluding hydrogens is 375 g/mol. The van der Waals surface area contributed by atoms with Crippen molar-refractivity contribution in [1.82, 2.24) is 15.2 Å². The van der Waals surface area contributed by atoms with Gasteiger partial charge in [0.05, 0.1) is 6.61 Å². The smallest absolute Gasteiger partial charge is 0.256 e. The van der Waals surface area contributed by atoms with Crippen LogP contribution < -0.4 is 15.0 Å². The van der Waals surface area contributed by atoms with Gasteiger partial charge in [0.1, 0.15) is 18.0 Å². The van der Waals surface area contributed by atoms with Crippen molar-refractivity contribution in [3.63, 3.8) is 0 Å². The lowest BCUT2D eigenvalue weighted by molar-refractivity contribution is 0.0938. The molecule has 1 amide bonds. The molecule has 1 aliphatic rings. The van der Waals surface area contributed by atoms with E-state index < -0.39 is 0 Å². The number of anilines is 1. The van der Waals surface area contributed by atoms with Gasteiger partial charge in [0, 0.05) is 58.3 Å². The molecule has 1 aromatic heterocycles. The van der Waals surface area contributed by atoms with E-state index in [0.29, 0.717) is 31.2 Å². The minimum absolute atomic E-state index is 0.199. The standard InChI is InChI=1S/C21H27FN4O3/c1-28-15-16-29-21-19(3-2-8-24-21)20(27)23-9-10-25-11-13-26(14-12-25)18-6-4-17(22)5-7-18/h2-8H,9-16H2,1H3,(H,23,27). The molecule has 156 valence electrons. The summed E-state index contributed by atoms with van der Waals surface area (Å²) >= 11 is 0. The summed E-state index contributed by atoms with van der Waals surface area (Å²) in [5, 5.41) is 2.94. The molecule has 1 fully saturated rings. The number of carbonyl (C=O) groups is 1. The Balaban J connectivity index is 1.42. The molecule has 0 saturated carbocycles. The number of piperazine rings is 1. The third-order valence-corrected chi connectivity index (χ3v) is 4.82. The van der Waals surface area contributed by atoms with Crippen molar-refractivity contribution in [2.24, 2.45) is 0 Å². The van der Waals surface area contributed by atoms with Crippen molar-refractivity contribution in [3.05, 3.63) is 54.0 Å². The molecule has 3 rings (SSSR count). The molecule has 0 atom stereocenters. The van der Waals surface area contributed by atoms with E-state index in [1.54, 1.807) is 25.4 Å². The fourth-order valence-corrected chi connectivity index (χ4v) is 3.20. The van der Waals surface area contributed by atoms with Crippen LogP contribution >= 0.6 is 0 Å². The first-order valence-electron chi connectivity index (χ1n) is 9.75. The van der Waals surface area contributed by atoms with Gasteiger partial charge in [-0.25, -0.2) is 9.37 Å². The maximum absolute atomic E-state index is 13.1. The molecule has 0 radical (unpaired) electrons. The lowest BCUT2D eigenvalue weighted by atomic mass is 10.2. The largest absolute Gasteiger partial charge is 0.475 e. The van der Waals surface area contributed by atoms with Crippen molar-refractivity contribution < 1.29 is 18.7 Å². The van der Waals surface area contributed by atoms with Crippen molar-refractivity contribution in [1.29, 1.82) is 0 Å². The highest BCUT2D eigenvalue weighted by molar-refractivity contribution is 5.96. The average molecular weight is 402 g/mol. The third-order valence-electron chi connectivity index (χ3n) is 4.82. The quantitative estimate of drug-likeness (QED) is 0.646. The second-order valence-electron chi connectivity index (χ2n) is 6.76. The molecule has 29 heavy (non-hydrogen) atoms. The Kier molecular flexibility index (Phi) is 7.77. The van der Waals surface area contributed by atoms with E-state index >= 15 is 0 Å². The number of amides is 1. The minimum atomic E-state index is -0.219. The Bertz CT molecular complexity index is 780. The number of nitrogens with one attached hydrogen (secondary N) is 1. The van der Waals surface area contributed by atoms with Gasteiger partial charge in [-0.2, -0.15) is 0 Å². The molecule has 7 nitrogen and oxygen atoms in total. The molecule has 2 aromatic rings. The zero-order valence-electron chi connectivity index (χ0n) is 16.6. The fourth-order valence-electron chi connectivity index (χ4n) is 3.20. The van der Waals surface area contributed by atoms with E-state index in [1.165, 1.54) is 12.1 Å². The predicted octanol–water partition coefficient (Wildman–Crippen LogP) is 1.80. The summed E-state index contributed by atoms with van der Waals surface area (Å²) in [5.41, 5.74) is 1.46. The predicted molar refractivity (Wildman–Crippen MR) is 109 cm³/mol. The number of ether oxygens (including phenoxy) is 2. The SMILES string of the molecule is COCCOc1ncccc1C(=O)NCCN1CCN(c2ccc(F)cc2)CC1. The maximum Gasteiger partial charge on any atom is 0.256 e. The number of pyridine rings is 1. The summed E-state index contributed by atoms with van der Waals surface area (Å²) in [6, 6.07) is 10.0. The van der Waals surface area contributed by atoms with Gasteiger partial charge in [0.15, 0.2) is 0 Å². The summed E-state index contributed by atoms with van der Waals surface area (Å²) < 4.78 is 23.5. The van der Waals surface area contributed by atoms with Gasteiger partial charge in [-0.15, -0.1) is 0 Å². The van der Waals surface area contributed by atoms with Crippen LogP contribution in [-0.4, -0.2) is 75.4 Å². The molecule has 0 spiro atoms. The van der Waals surface area contributed by atoms with Crippen LogP contribution in [0.5, 0.6) is 5.88 Å². The monoisotopic (exact) mass is 402 g/mol. The van der Waals surface area contributed by atoms with E-state index in [9.17, 15) is 9.18 Å². The highest BCUT2D eigenvalue weighted by atomic mass is 19.1. The zero-order chi connectivity index (χ0) is 20.5. The summed E-state index contributed by atoms with van der Waals surface area (Å²) in [7, 11) is 1.59. The van der Waals surface area contributed by atoms with Crippen LogP contribution in [0.15, 0.2) is 42.6 Å². The number of halogens is 1. The first kappa shape index (κ1) is 21.0. The van der Waals surface area contributed by atoms with Crippen LogP contribution in [0.2, 0.25) is 0 Å². The highest BCUT2D eigenvalue weighted by Crippen LogP contribution is 2.17. The Hall–Kier alpha value is -2.71. The molecule has 1 aromatic carbocycles. The van der Waals surface area contributed by atoms with Crippen molar-refractivity contribution >= 4 is 11.6 Å². The number of hydrogen-bond donors (Lipinski definition) is 1. The number of methoxy groups -OCH3 is 1. The van der Waals surface area contributed by atoms with Crippen molar-refractivity contribution in [2.75, 3.05) is 64.5 Å². The maximum atomic E-state index is 13.1. The van der Waals surface area contributed by atoms with Gasteiger partial charge in [-0.3, -0.25) is 9.69 Å². The Morgan fingerprint density at radius 1 is 1.14 bits per heavy atom. The number of carbonyl (C=O) groups excluding carboxylic acids is 1. The number of rotatable bonds is 9. The number of benzene rings is 1. The first-order valence-corrected chi connectivity index (χ1v) is 9.75. The second kappa shape index (κ2) is 10.7. The molecule has 1 aliphatic heterocycles. The van der Waals surface area contributed by atoms with Crippen LogP contribution in [0.3, 0.4) is 0 Å². The summed E-state index contributed by atoms with van der Waals surface area (Å²) in [6.07, 6.45) is 1.60. The van der Waals surface area contributed by atoms with Crippen LogP contribution in [0.1, 0.15) is 10.4 Å². The number of nitrogens with zero attached hydrogens (tertiary/aromatic N) is 3. The molecule has 0 unspecified atom stereocenters. The topological polar surface area (TPSA) is 66.9 Å². The van der Waals surface area contributed by atoms with Crippen LogP contribution in [0, 0.1) is 5.82 Å². The van der Waals surface area contributed by atoms with E-state index in [4.69, 9.17) is 9.47 Å². The fraction of sp³-hybridized carbons (Fsp3) is 0.429. The van der Waals surface area contributed by atoms with Crippen LogP contribution in [0.4, 0.5) is 10.1 Å². The molecule has 8 heteroatoms. The van der Waals surface area contributed by atoms with E-state index in [-0.39, 0.29) is 11.7 Å². The zero-order valence-corrected chi connectivity index (χ0v) is 16.6. The molecule has 0 bridgehead atoms. The second-order valence-corrected chi connectivity index (χ2v) is 6.76. The van der Waals surface area contributed by atoms with Gasteiger partial charge in [0.2, 0.25) is 5.88 Å². The van der Waals surface area contributed by atoms with Gasteiger partial charge in [0.25, 0.3) is 5.91 Å². The van der Waals surface area contributed by atoms with Gasteiger partial charge < -0.3 is 19.7 Å². The summed E-state index contributed by atoms with van der Waals surface area (Å²) in [5.74, 6) is -0.102. The molecular formula is C21H27FN4O3. The number of aromatic nitrogens is 1. The lowest BCUT2D eigenvalue weighted by Crippen LogP contribution is -2.48. The normalized spacial score (nSPS) is 14.6. The molecule has 0 aliphatic carbocycles. The van der Waals surface area contributed by atoms with Crippen LogP contribution in [-0.2, 0) is 4.74 Å². The molecule has 1 saturated heterocycles. The van der Waals surface area contributed by atoms with Gasteiger partial charge in [-0.05, 0) is 36.4 Å². The minimum Gasteiger partial charge on any atom is -0.475 e. The van der Waals surface area contributed by atoms with Crippen molar-refractivity contribution in [3.8, 4) is 5.88 Å². The van der Waals surface area contributed by atoms with Gasteiger partial charge in [-0.1, -0.05) is 0 Å². The van der Waals surface area contributed by atoms with E-state index in [0.717, 1.165) is 38.4 Å². The highest BCUT2D eigenvalue weighted by Gasteiger charge is 2.18. The molecule has 1 N–H and O–H groups in total.